The molecule has 0 saturated carbocycles. The molecule has 0 spiro atoms. The van der Waals surface area contributed by atoms with Crippen molar-refractivity contribution in [2.45, 2.75) is 6.92 Å². The Labute approximate surface area is 75.6 Å². The summed E-state index contributed by atoms with van der Waals surface area (Å²) >= 11 is 4.83. The van der Waals surface area contributed by atoms with E-state index in [9.17, 15) is 4.79 Å². The van der Waals surface area contributed by atoms with Crippen molar-refractivity contribution in [1.29, 1.82) is 0 Å². The molecule has 0 radical (unpaired) electrons. The molecule has 0 aliphatic carbocycles. The monoisotopic (exact) mass is 177 g/mol. The van der Waals surface area contributed by atoms with E-state index < -0.39 is 0 Å². The van der Waals surface area contributed by atoms with Gasteiger partial charge >= 0.3 is 0 Å². The molecule has 2 rings (SSSR count). The average molecular weight is 177 g/mol. The van der Waals surface area contributed by atoms with Gasteiger partial charge in [-0.15, -0.1) is 0 Å². The minimum absolute atomic E-state index is 0.0694. The fourth-order valence-corrected chi connectivity index (χ4v) is 1.48. The topological polar surface area (TPSA) is 29.1 Å². The van der Waals surface area contributed by atoms with Crippen molar-refractivity contribution in [2.75, 3.05) is 5.32 Å². The van der Waals surface area contributed by atoms with Gasteiger partial charge < -0.3 is 5.32 Å². The Morgan fingerprint density at radius 2 is 2.17 bits per heavy atom. The molecule has 3 heteroatoms. The molecule has 0 fully saturated rings. The van der Waals surface area contributed by atoms with Gasteiger partial charge in [-0.25, -0.2) is 0 Å². The highest BCUT2D eigenvalue weighted by Crippen LogP contribution is 2.24. The number of carbonyl (C=O) groups is 1. The van der Waals surface area contributed by atoms with Gasteiger partial charge in [-0.1, -0.05) is 18.3 Å². The second-order valence-corrected chi connectivity index (χ2v) is 3.24. The van der Waals surface area contributed by atoms with Crippen LogP contribution in [-0.4, -0.2) is 10.8 Å². The number of thiocarbonyl (C=S) groups is 1. The number of Topliss-reactive ketones (excluding diaryl/α,β-unsaturated/α-hetero) is 1. The van der Waals surface area contributed by atoms with E-state index in [0.29, 0.717) is 10.6 Å². The average Bonchev–Trinajstić information content (AvgIpc) is 2.28. The summed E-state index contributed by atoms with van der Waals surface area (Å²) in [6.45, 7) is 1.98. The molecular weight excluding hydrogens is 170 g/mol. The molecule has 1 N–H and O–H groups in total. The Kier molecular flexibility index (Phi) is 1.48. The van der Waals surface area contributed by atoms with E-state index >= 15 is 0 Å². The number of carbonyl (C=O) groups excluding carboxylic acids is 1. The van der Waals surface area contributed by atoms with Crippen molar-refractivity contribution < 1.29 is 4.79 Å². The lowest BCUT2D eigenvalue weighted by atomic mass is 10.1. The fraction of sp³-hybridized carbons (Fsp3) is 0.111. The van der Waals surface area contributed by atoms with E-state index in [1.165, 1.54) is 0 Å². The molecule has 0 amide bonds. The first-order chi connectivity index (χ1) is 5.68. The van der Waals surface area contributed by atoms with Crippen molar-refractivity contribution in [1.82, 2.24) is 0 Å². The molecule has 0 saturated heterocycles. The van der Waals surface area contributed by atoms with Crippen LogP contribution in [0.1, 0.15) is 15.9 Å². The van der Waals surface area contributed by atoms with Crippen molar-refractivity contribution in [3.63, 3.8) is 0 Å². The van der Waals surface area contributed by atoms with Crippen LogP contribution in [-0.2, 0) is 0 Å². The number of hydrogen-bond donors (Lipinski definition) is 1. The van der Waals surface area contributed by atoms with Gasteiger partial charge in [0.1, 0.15) is 0 Å². The van der Waals surface area contributed by atoms with Gasteiger partial charge in [-0.2, -0.15) is 0 Å². The van der Waals surface area contributed by atoms with Crippen molar-refractivity contribution in [2.24, 2.45) is 0 Å². The molecule has 12 heavy (non-hydrogen) atoms. The van der Waals surface area contributed by atoms with E-state index in [0.717, 1.165) is 11.3 Å². The lowest BCUT2D eigenvalue weighted by molar-refractivity contribution is 0.107. The quantitative estimate of drug-likeness (QED) is 0.614. The molecule has 0 bridgehead atoms. The molecule has 60 valence electrons. The maximum absolute atomic E-state index is 11.3. The van der Waals surface area contributed by atoms with Crippen molar-refractivity contribution >= 4 is 28.7 Å². The summed E-state index contributed by atoms with van der Waals surface area (Å²) in [5.74, 6) is -0.0694. The summed E-state index contributed by atoms with van der Waals surface area (Å²) in [4.78, 5) is 11.6. The molecule has 1 aliphatic rings. The molecule has 0 unspecified atom stereocenters. The summed E-state index contributed by atoms with van der Waals surface area (Å²) in [7, 11) is 0. The van der Waals surface area contributed by atoms with Crippen LogP contribution in [0.5, 0.6) is 0 Å². The van der Waals surface area contributed by atoms with Gasteiger partial charge in [0, 0.05) is 5.56 Å². The zero-order chi connectivity index (χ0) is 8.72. The van der Waals surface area contributed by atoms with Gasteiger partial charge in [-0.05, 0) is 24.6 Å². The summed E-state index contributed by atoms with van der Waals surface area (Å²) in [6, 6.07) is 5.64. The van der Waals surface area contributed by atoms with Gasteiger partial charge in [0.05, 0.1) is 5.69 Å². The van der Waals surface area contributed by atoms with Crippen molar-refractivity contribution in [3.8, 4) is 0 Å². The lowest BCUT2D eigenvalue weighted by Gasteiger charge is -1.97. The molecule has 2 nitrogen and oxygen atoms in total. The van der Waals surface area contributed by atoms with E-state index in [1.54, 1.807) is 6.07 Å². The van der Waals surface area contributed by atoms with E-state index in [1.807, 2.05) is 19.1 Å². The molecule has 0 atom stereocenters. The number of anilines is 1. The standard InChI is InChI=1S/C9H7NOS/c1-5-2-3-6-7(4-5)10-9(12)8(6)11/h2-4H,1H3,(H,10,11,12). The van der Waals surface area contributed by atoms with Crippen LogP contribution < -0.4 is 5.32 Å². The van der Waals surface area contributed by atoms with Crippen LogP contribution in [0.2, 0.25) is 0 Å². The largest absolute Gasteiger partial charge is 0.343 e. The SMILES string of the molecule is Cc1ccc2c(c1)NC(=S)C2=O. The summed E-state index contributed by atoms with van der Waals surface area (Å²) in [5, 5.41) is 2.87. The highest BCUT2D eigenvalue weighted by molar-refractivity contribution is 7.82. The normalized spacial score (nSPS) is 14.4. The Balaban J connectivity index is 2.62. The second kappa shape index (κ2) is 2.38. The summed E-state index contributed by atoms with van der Waals surface area (Å²) < 4.78 is 0. The molecule has 1 heterocycles. The molecular formula is C9H7NOS. The maximum atomic E-state index is 11.3. The number of ketones is 1. The Bertz CT molecular complexity index is 384. The van der Waals surface area contributed by atoms with E-state index in [4.69, 9.17) is 12.2 Å². The first-order valence-corrected chi connectivity index (χ1v) is 4.05. The van der Waals surface area contributed by atoms with E-state index in [-0.39, 0.29) is 5.78 Å². The third-order valence-corrected chi connectivity index (χ3v) is 2.16. The lowest BCUT2D eigenvalue weighted by Crippen LogP contribution is -2.09. The molecule has 1 aromatic carbocycles. The Morgan fingerprint density at radius 3 is 2.92 bits per heavy atom. The van der Waals surface area contributed by atoms with Gasteiger partial charge in [0.15, 0.2) is 4.99 Å². The maximum Gasteiger partial charge on any atom is 0.222 e. The summed E-state index contributed by atoms with van der Waals surface area (Å²) in [6.07, 6.45) is 0. The minimum atomic E-state index is -0.0694. The first-order valence-electron chi connectivity index (χ1n) is 3.65. The number of rotatable bonds is 0. The summed E-state index contributed by atoms with van der Waals surface area (Å²) in [5.41, 5.74) is 2.65. The predicted molar refractivity (Wildman–Crippen MR) is 51.7 cm³/mol. The van der Waals surface area contributed by atoms with Crippen molar-refractivity contribution in [3.05, 3.63) is 29.3 Å². The number of benzene rings is 1. The zero-order valence-corrected chi connectivity index (χ0v) is 7.37. The van der Waals surface area contributed by atoms with Crippen LogP contribution in [0.4, 0.5) is 5.69 Å². The Hall–Kier alpha value is -1.22. The number of hydrogen-bond acceptors (Lipinski definition) is 2. The smallest absolute Gasteiger partial charge is 0.222 e. The molecule has 1 aromatic rings. The van der Waals surface area contributed by atoms with Gasteiger partial charge in [0.2, 0.25) is 5.78 Å². The highest BCUT2D eigenvalue weighted by Gasteiger charge is 2.23. The number of aryl methyl sites for hydroxylation is 1. The predicted octanol–water partition coefficient (Wildman–Crippen LogP) is 1.93. The van der Waals surface area contributed by atoms with Gasteiger partial charge in [-0.3, -0.25) is 4.79 Å². The van der Waals surface area contributed by atoms with Crippen LogP contribution in [0.25, 0.3) is 0 Å². The van der Waals surface area contributed by atoms with Crippen LogP contribution in [0, 0.1) is 6.92 Å². The minimum Gasteiger partial charge on any atom is -0.343 e. The number of fused-ring (bicyclic) bond motifs is 1. The number of nitrogens with one attached hydrogen (secondary N) is 1. The zero-order valence-electron chi connectivity index (χ0n) is 6.55. The Morgan fingerprint density at radius 1 is 1.42 bits per heavy atom. The molecule has 1 aliphatic heterocycles. The third kappa shape index (κ3) is 0.940. The highest BCUT2D eigenvalue weighted by atomic mass is 32.1. The van der Waals surface area contributed by atoms with Crippen LogP contribution in [0.3, 0.4) is 0 Å². The van der Waals surface area contributed by atoms with E-state index in [2.05, 4.69) is 5.32 Å². The third-order valence-electron chi connectivity index (χ3n) is 1.87. The second-order valence-electron chi connectivity index (χ2n) is 2.83. The van der Waals surface area contributed by atoms with Crippen LogP contribution in [0.15, 0.2) is 18.2 Å². The fourth-order valence-electron chi connectivity index (χ4n) is 1.26. The first kappa shape index (κ1) is 7.43. The van der Waals surface area contributed by atoms with Crippen LogP contribution >= 0.6 is 12.2 Å². The molecule has 0 aromatic heterocycles. The van der Waals surface area contributed by atoms with Gasteiger partial charge in [0.25, 0.3) is 0 Å².